The van der Waals surface area contributed by atoms with Gasteiger partial charge in [-0.2, -0.15) is 0 Å². The number of hydrogen-bond acceptors (Lipinski definition) is 2. The van der Waals surface area contributed by atoms with E-state index in [2.05, 4.69) is 0 Å². The van der Waals surface area contributed by atoms with E-state index in [-0.39, 0.29) is 16.0 Å². The zero-order chi connectivity index (χ0) is 12.7. The summed E-state index contributed by atoms with van der Waals surface area (Å²) >= 11 is 11.7. The lowest BCUT2D eigenvalue weighted by atomic mass is 10.1. The van der Waals surface area contributed by atoms with E-state index in [0.29, 0.717) is 10.5 Å². The third kappa shape index (κ3) is 1.90. The molecule has 0 aliphatic heterocycles. The van der Waals surface area contributed by atoms with Gasteiger partial charge in [-0.25, -0.2) is 4.79 Å². The molecule has 0 saturated heterocycles. The molecule has 0 atom stereocenters. The SMILES string of the molecule is Cn1cc(C(=O)O)c(=O)c2cc(Cl)c(Cl)cc21. The number of pyridine rings is 1. The van der Waals surface area contributed by atoms with Crippen LogP contribution in [0.25, 0.3) is 10.9 Å². The minimum absolute atomic E-state index is 0.221. The highest BCUT2D eigenvalue weighted by molar-refractivity contribution is 6.42. The molecule has 0 bridgehead atoms. The van der Waals surface area contributed by atoms with Gasteiger partial charge in [0.1, 0.15) is 5.56 Å². The second-order valence-corrected chi connectivity index (χ2v) is 4.39. The minimum atomic E-state index is -1.27. The van der Waals surface area contributed by atoms with Gasteiger partial charge in [-0.05, 0) is 12.1 Å². The van der Waals surface area contributed by atoms with E-state index in [1.54, 1.807) is 7.05 Å². The molecule has 1 N–H and O–H groups in total. The van der Waals surface area contributed by atoms with Gasteiger partial charge in [0.15, 0.2) is 0 Å². The summed E-state index contributed by atoms with van der Waals surface area (Å²) in [6, 6.07) is 2.92. The van der Waals surface area contributed by atoms with Gasteiger partial charge in [0.2, 0.25) is 5.43 Å². The monoisotopic (exact) mass is 271 g/mol. The van der Waals surface area contributed by atoms with Crippen molar-refractivity contribution in [3.63, 3.8) is 0 Å². The summed E-state index contributed by atoms with van der Waals surface area (Å²) in [5, 5.41) is 9.68. The first-order valence-electron chi connectivity index (χ1n) is 4.63. The molecule has 17 heavy (non-hydrogen) atoms. The van der Waals surface area contributed by atoms with E-state index in [4.69, 9.17) is 28.3 Å². The molecule has 6 heteroatoms. The van der Waals surface area contributed by atoms with Gasteiger partial charge >= 0.3 is 5.97 Å². The first-order valence-corrected chi connectivity index (χ1v) is 5.39. The van der Waals surface area contributed by atoms with Crippen LogP contribution in [0.2, 0.25) is 10.0 Å². The molecule has 0 aliphatic rings. The standard InChI is InChI=1S/C11H7Cl2NO3/c1-14-4-6(11(16)17)10(15)5-2-7(12)8(13)3-9(5)14/h2-4H,1H3,(H,16,17). The number of fused-ring (bicyclic) bond motifs is 1. The number of aromatic nitrogens is 1. The highest BCUT2D eigenvalue weighted by Gasteiger charge is 2.14. The van der Waals surface area contributed by atoms with Crippen LogP contribution in [0, 0.1) is 0 Å². The smallest absolute Gasteiger partial charge is 0.341 e. The first-order chi connectivity index (χ1) is 7.91. The summed E-state index contributed by atoms with van der Waals surface area (Å²) in [7, 11) is 1.64. The molecule has 1 heterocycles. The van der Waals surface area contributed by atoms with Crippen LogP contribution in [-0.2, 0) is 7.05 Å². The number of carbonyl (C=O) groups is 1. The number of hydrogen-bond donors (Lipinski definition) is 1. The first kappa shape index (κ1) is 12.0. The van der Waals surface area contributed by atoms with Crippen molar-refractivity contribution in [2.75, 3.05) is 0 Å². The summed E-state index contributed by atoms with van der Waals surface area (Å²) in [6.07, 6.45) is 1.26. The summed E-state index contributed by atoms with van der Waals surface area (Å²) in [4.78, 5) is 22.8. The number of carboxylic acid groups (broad SMARTS) is 1. The Morgan fingerprint density at radius 1 is 1.29 bits per heavy atom. The molecule has 0 unspecified atom stereocenters. The fourth-order valence-electron chi connectivity index (χ4n) is 1.63. The van der Waals surface area contributed by atoms with Crippen LogP contribution in [0.3, 0.4) is 0 Å². The van der Waals surface area contributed by atoms with Gasteiger partial charge in [-0.1, -0.05) is 23.2 Å². The lowest BCUT2D eigenvalue weighted by molar-refractivity contribution is 0.0695. The molecule has 2 aromatic rings. The van der Waals surface area contributed by atoms with Crippen LogP contribution in [0.5, 0.6) is 0 Å². The molecule has 0 amide bonds. The Morgan fingerprint density at radius 2 is 1.88 bits per heavy atom. The van der Waals surface area contributed by atoms with Crippen molar-refractivity contribution in [1.82, 2.24) is 4.57 Å². The Labute approximate surface area is 106 Å². The third-order valence-electron chi connectivity index (χ3n) is 2.46. The average molecular weight is 272 g/mol. The molecule has 0 saturated carbocycles. The van der Waals surface area contributed by atoms with Gasteiger partial charge in [0.05, 0.1) is 15.6 Å². The summed E-state index contributed by atoms with van der Waals surface area (Å²) in [5.74, 6) is -1.27. The maximum Gasteiger partial charge on any atom is 0.341 e. The van der Waals surface area contributed by atoms with Crippen LogP contribution in [0.4, 0.5) is 0 Å². The van der Waals surface area contributed by atoms with E-state index in [9.17, 15) is 9.59 Å². The van der Waals surface area contributed by atoms with E-state index in [0.717, 1.165) is 0 Å². The quantitative estimate of drug-likeness (QED) is 0.867. The van der Waals surface area contributed by atoms with Crippen LogP contribution < -0.4 is 5.43 Å². The van der Waals surface area contributed by atoms with Gasteiger partial charge in [0.25, 0.3) is 0 Å². The molecule has 88 valence electrons. The zero-order valence-electron chi connectivity index (χ0n) is 8.70. The topological polar surface area (TPSA) is 59.3 Å². The van der Waals surface area contributed by atoms with Crippen LogP contribution in [-0.4, -0.2) is 15.6 Å². The molecule has 0 spiro atoms. The van der Waals surface area contributed by atoms with Crippen molar-refractivity contribution in [2.24, 2.45) is 7.05 Å². The van der Waals surface area contributed by atoms with Gasteiger partial charge in [-0.3, -0.25) is 4.79 Å². The molecular formula is C11H7Cl2NO3. The normalized spacial score (nSPS) is 10.8. The maximum absolute atomic E-state index is 11.9. The number of aryl methyl sites for hydroxylation is 1. The third-order valence-corrected chi connectivity index (χ3v) is 3.18. The Bertz CT molecular complexity index is 691. The summed E-state index contributed by atoms with van der Waals surface area (Å²) in [5.41, 5.74) is -0.322. The Kier molecular flexibility index (Phi) is 2.85. The van der Waals surface area contributed by atoms with E-state index in [1.807, 2.05) is 0 Å². The summed E-state index contributed by atoms with van der Waals surface area (Å²) < 4.78 is 1.53. The van der Waals surface area contributed by atoms with Crippen molar-refractivity contribution < 1.29 is 9.90 Å². The molecule has 2 rings (SSSR count). The van der Waals surface area contributed by atoms with Crippen LogP contribution in [0.1, 0.15) is 10.4 Å². The molecule has 0 fully saturated rings. The highest BCUT2D eigenvalue weighted by Crippen LogP contribution is 2.26. The molecule has 0 aliphatic carbocycles. The number of carboxylic acids is 1. The Balaban J connectivity index is 2.99. The predicted molar refractivity (Wildman–Crippen MR) is 66.2 cm³/mol. The second kappa shape index (κ2) is 4.05. The maximum atomic E-state index is 11.9. The molecule has 1 aromatic carbocycles. The zero-order valence-corrected chi connectivity index (χ0v) is 10.2. The fraction of sp³-hybridized carbons (Fsp3) is 0.0909. The van der Waals surface area contributed by atoms with E-state index < -0.39 is 11.4 Å². The molecule has 0 radical (unpaired) electrons. The van der Waals surface area contributed by atoms with Crippen molar-refractivity contribution in [1.29, 1.82) is 0 Å². The van der Waals surface area contributed by atoms with Crippen molar-refractivity contribution >= 4 is 40.1 Å². The second-order valence-electron chi connectivity index (χ2n) is 3.57. The number of rotatable bonds is 1. The van der Waals surface area contributed by atoms with Gasteiger partial charge in [0, 0.05) is 18.6 Å². The molecule has 1 aromatic heterocycles. The minimum Gasteiger partial charge on any atom is -0.477 e. The average Bonchev–Trinajstić information content (AvgIpc) is 2.25. The molecular weight excluding hydrogens is 265 g/mol. The lowest BCUT2D eigenvalue weighted by Gasteiger charge is -2.08. The van der Waals surface area contributed by atoms with Gasteiger partial charge < -0.3 is 9.67 Å². The van der Waals surface area contributed by atoms with E-state index in [1.165, 1.54) is 22.9 Å². The number of benzene rings is 1. The number of halogens is 2. The largest absolute Gasteiger partial charge is 0.477 e. The van der Waals surface area contributed by atoms with Crippen LogP contribution in [0.15, 0.2) is 23.1 Å². The lowest BCUT2D eigenvalue weighted by Crippen LogP contribution is -2.17. The number of aromatic carboxylic acids is 1. The molecule has 4 nitrogen and oxygen atoms in total. The summed E-state index contributed by atoms with van der Waals surface area (Å²) in [6.45, 7) is 0. The van der Waals surface area contributed by atoms with Crippen molar-refractivity contribution in [3.8, 4) is 0 Å². The Morgan fingerprint density at radius 3 is 2.47 bits per heavy atom. The highest BCUT2D eigenvalue weighted by atomic mass is 35.5. The fourth-order valence-corrected chi connectivity index (χ4v) is 1.95. The predicted octanol–water partition coefficient (Wildman–Crippen LogP) is 2.54. The Hall–Kier alpha value is -1.52. The van der Waals surface area contributed by atoms with Crippen molar-refractivity contribution in [3.05, 3.63) is 44.2 Å². The van der Waals surface area contributed by atoms with Crippen molar-refractivity contribution in [2.45, 2.75) is 0 Å². The van der Waals surface area contributed by atoms with E-state index >= 15 is 0 Å². The van der Waals surface area contributed by atoms with Crippen LogP contribution >= 0.6 is 23.2 Å². The number of nitrogens with zero attached hydrogens (tertiary/aromatic N) is 1. The van der Waals surface area contributed by atoms with Gasteiger partial charge in [-0.15, -0.1) is 0 Å².